The summed E-state index contributed by atoms with van der Waals surface area (Å²) in [5.74, 6) is 2.05. The van der Waals surface area contributed by atoms with E-state index in [1.165, 1.54) is 32.7 Å². The van der Waals surface area contributed by atoms with Crippen LogP contribution >= 0.6 is 0 Å². The Labute approximate surface area is 318 Å². The molecule has 0 saturated heterocycles. The van der Waals surface area contributed by atoms with E-state index >= 15 is 0 Å². The summed E-state index contributed by atoms with van der Waals surface area (Å²) in [5.41, 5.74) is 9.88. The van der Waals surface area contributed by atoms with Gasteiger partial charge >= 0.3 is 0 Å². The largest absolute Gasteiger partial charge is 0.456 e. The molecule has 9 aromatic rings. The number of hydrogen-bond donors (Lipinski definition) is 0. The highest BCUT2D eigenvalue weighted by Crippen LogP contribution is 2.41. The Bertz CT molecular complexity index is 3160. The average Bonchev–Trinajstić information content (AvgIpc) is 3.65. The van der Waals surface area contributed by atoms with E-state index in [0.29, 0.717) is 11.6 Å². The van der Waals surface area contributed by atoms with E-state index in [4.69, 9.17) is 19.4 Å². The topological polar surface area (TPSA) is 51.8 Å². The van der Waals surface area contributed by atoms with Crippen LogP contribution in [0.15, 0.2) is 179 Å². The summed E-state index contributed by atoms with van der Waals surface area (Å²) < 4.78 is 6.34. The van der Waals surface area contributed by atoms with Crippen molar-refractivity contribution in [3.8, 4) is 33.9 Å². The molecule has 0 atom stereocenters. The van der Waals surface area contributed by atoms with Gasteiger partial charge in [-0.3, -0.25) is 0 Å². The summed E-state index contributed by atoms with van der Waals surface area (Å²) in [5, 5.41) is 9.36. The van der Waals surface area contributed by atoms with Gasteiger partial charge in [-0.2, -0.15) is 0 Å². The van der Waals surface area contributed by atoms with Crippen LogP contribution in [0.2, 0.25) is 0 Å². The minimum Gasteiger partial charge on any atom is -0.456 e. The zero-order valence-corrected chi connectivity index (χ0v) is 30.2. The van der Waals surface area contributed by atoms with Gasteiger partial charge in [0, 0.05) is 21.9 Å². The lowest BCUT2D eigenvalue weighted by Crippen LogP contribution is -2.05. The smallest absolute Gasteiger partial charge is 0.164 e. The number of allylic oxidation sites excluding steroid dienone is 8. The van der Waals surface area contributed by atoms with E-state index in [1.54, 1.807) is 0 Å². The first kappa shape index (κ1) is 31.6. The number of para-hydroxylation sites is 1. The van der Waals surface area contributed by atoms with Crippen molar-refractivity contribution in [2.75, 3.05) is 0 Å². The zero-order chi connectivity index (χ0) is 36.3. The second-order valence-corrected chi connectivity index (χ2v) is 14.6. The Hall–Kier alpha value is -6.91. The SMILES string of the molecule is C1=CCCC(C2=CC=C(c3nc(-c4cc(-c5cccc6oc7ccccc7c56)c5ccccc5c4)nc(-c4ccc5c(ccc6ccccc65)c4)n3)CC2)=C1. The van der Waals surface area contributed by atoms with E-state index in [2.05, 4.69) is 152 Å². The summed E-state index contributed by atoms with van der Waals surface area (Å²) in [6, 6.07) is 47.2. The van der Waals surface area contributed by atoms with Gasteiger partial charge in [-0.05, 0) is 116 Å². The van der Waals surface area contributed by atoms with Crippen molar-refractivity contribution in [2.24, 2.45) is 0 Å². The Morgan fingerprint density at radius 2 is 1.07 bits per heavy atom. The van der Waals surface area contributed by atoms with Gasteiger partial charge in [0.15, 0.2) is 17.5 Å². The second-order valence-electron chi connectivity index (χ2n) is 14.6. The van der Waals surface area contributed by atoms with Crippen LogP contribution in [-0.2, 0) is 0 Å². The summed E-state index contributed by atoms with van der Waals surface area (Å²) in [7, 11) is 0. The van der Waals surface area contributed by atoms with Crippen LogP contribution in [0.5, 0.6) is 0 Å². The van der Waals surface area contributed by atoms with Crippen LogP contribution in [0, 0.1) is 0 Å². The van der Waals surface area contributed by atoms with Crippen molar-refractivity contribution in [2.45, 2.75) is 25.7 Å². The van der Waals surface area contributed by atoms with Crippen LogP contribution in [0.25, 0.3) is 93.7 Å². The molecule has 4 nitrogen and oxygen atoms in total. The van der Waals surface area contributed by atoms with Crippen LogP contribution in [-0.4, -0.2) is 15.0 Å². The maximum atomic E-state index is 6.34. The van der Waals surface area contributed by atoms with Crippen molar-refractivity contribution in [1.82, 2.24) is 15.0 Å². The third kappa shape index (κ3) is 5.49. The third-order valence-electron chi connectivity index (χ3n) is 11.3. The Kier molecular flexibility index (Phi) is 7.41. The monoisotopic (exact) mass is 705 g/mol. The van der Waals surface area contributed by atoms with Gasteiger partial charge in [-0.1, -0.05) is 134 Å². The van der Waals surface area contributed by atoms with Crippen LogP contribution < -0.4 is 0 Å². The van der Waals surface area contributed by atoms with Gasteiger partial charge in [-0.15, -0.1) is 0 Å². The van der Waals surface area contributed by atoms with Gasteiger partial charge in [0.1, 0.15) is 11.2 Å². The van der Waals surface area contributed by atoms with Crippen molar-refractivity contribution in [3.63, 3.8) is 0 Å². The van der Waals surface area contributed by atoms with Gasteiger partial charge in [0.2, 0.25) is 0 Å². The Morgan fingerprint density at radius 3 is 1.93 bits per heavy atom. The number of rotatable bonds is 5. The van der Waals surface area contributed by atoms with E-state index in [9.17, 15) is 0 Å². The highest BCUT2D eigenvalue weighted by molar-refractivity contribution is 6.16. The first-order valence-electron chi connectivity index (χ1n) is 19.1. The Morgan fingerprint density at radius 1 is 0.418 bits per heavy atom. The van der Waals surface area contributed by atoms with Gasteiger partial charge < -0.3 is 4.42 Å². The van der Waals surface area contributed by atoms with Crippen LogP contribution in [0.3, 0.4) is 0 Å². The van der Waals surface area contributed by atoms with Gasteiger partial charge in [0.05, 0.1) is 0 Å². The van der Waals surface area contributed by atoms with Crippen molar-refractivity contribution < 1.29 is 4.42 Å². The fourth-order valence-electron chi connectivity index (χ4n) is 8.55. The molecule has 0 amide bonds. The predicted molar refractivity (Wildman–Crippen MR) is 228 cm³/mol. The summed E-state index contributed by atoms with van der Waals surface area (Å²) in [4.78, 5) is 15.8. The fourth-order valence-corrected chi connectivity index (χ4v) is 8.55. The summed E-state index contributed by atoms with van der Waals surface area (Å²) in [6.45, 7) is 0. The molecule has 0 bridgehead atoms. The molecule has 7 aromatic carbocycles. The minimum absolute atomic E-state index is 0.658. The van der Waals surface area contributed by atoms with Crippen molar-refractivity contribution >= 4 is 59.8 Å². The molecule has 0 spiro atoms. The number of benzene rings is 7. The molecule has 4 heteroatoms. The molecule has 11 rings (SSSR count). The maximum Gasteiger partial charge on any atom is 0.164 e. The molecule has 260 valence electrons. The second kappa shape index (κ2) is 12.9. The molecule has 0 aliphatic heterocycles. The lowest BCUT2D eigenvalue weighted by atomic mass is 9.89. The van der Waals surface area contributed by atoms with Gasteiger partial charge in [0.25, 0.3) is 0 Å². The van der Waals surface area contributed by atoms with Crippen LogP contribution in [0.4, 0.5) is 0 Å². The van der Waals surface area contributed by atoms with E-state index in [-0.39, 0.29) is 0 Å². The fraction of sp³-hybridized carbons (Fsp3) is 0.0784. The lowest BCUT2D eigenvalue weighted by Gasteiger charge is -2.18. The molecule has 0 N–H and O–H groups in total. The van der Waals surface area contributed by atoms with E-state index in [1.807, 2.05) is 12.1 Å². The molecule has 2 heterocycles. The third-order valence-corrected chi connectivity index (χ3v) is 11.3. The minimum atomic E-state index is 0.658. The zero-order valence-electron chi connectivity index (χ0n) is 30.2. The summed E-state index contributed by atoms with van der Waals surface area (Å²) >= 11 is 0. The normalized spacial score (nSPS) is 14.5. The van der Waals surface area contributed by atoms with Crippen molar-refractivity contribution in [1.29, 1.82) is 0 Å². The molecule has 0 unspecified atom stereocenters. The molecular weight excluding hydrogens is 671 g/mol. The van der Waals surface area contributed by atoms with E-state index < -0.39 is 0 Å². The number of furan rings is 1. The molecule has 2 aliphatic rings. The molecule has 55 heavy (non-hydrogen) atoms. The number of fused-ring (bicyclic) bond motifs is 7. The average molecular weight is 706 g/mol. The number of hydrogen-bond acceptors (Lipinski definition) is 4. The quantitative estimate of drug-likeness (QED) is 0.167. The highest BCUT2D eigenvalue weighted by atomic mass is 16.3. The first-order chi connectivity index (χ1) is 27.2. The number of nitrogens with zero attached hydrogens (tertiary/aromatic N) is 3. The van der Waals surface area contributed by atoms with Crippen molar-refractivity contribution in [3.05, 3.63) is 181 Å². The molecule has 0 saturated carbocycles. The van der Waals surface area contributed by atoms with Crippen LogP contribution in [0.1, 0.15) is 31.5 Å². The molecular formula is C51H35N3O. The highest BCUT2D eigenvalue weighted by Gasteiger charge is 2.20. The van der Waals surface area contributed by atoms with Gasteiger partial charge in [-0.25, -0.2) is 15.0 Å². The predicted octanol–water partition coefficient (Wildman–Crippen LogP) is 13.6. The number of aromatic nitrogens is 3. The molecule has 0 fully saturated rings. The lowest BCUT2D eigenvalue weighted by molar-refractivity contribution is 0.669. The Balaban J connectivity index is 1.12. The first-order valence-corrected chi connectivity index (χ1v) is 19.1. The summed E-state index contributed by atoms with van der Waals surface area (Å²) in [6.07, 6.45) is 15.2. The molecule has 0 radical (unpaired) electrons. The standard InChI is InChI=1S/C51H35N3O/c1-2-11-32(12-3-1)33-21-24-35(25-22-33)49-52-50(38-27-28-42-37(29-38)26-23-34-13-4-6-15-40(34)42)54-51(53-49)39-30-36-14-5-7-16-41(36)45(31-39)43-18-10-20-47-48(43)44-17-8-9-19-46(44)55-47/h1-2,4-11,13-21,23-24,26-31H,3,12,22,25H2. The molecule has 2 aliphatic carbocycles. The van der Waals surface area contributed by atoms with E-state index in [0.717, 1.165) is 92.0 Å². The maximum absolute atomic E-state index is 6.34. The molecule has 2 aromatic heterocycles.